The van der Waals surface area contributed by atoms with Crippen LogP contribution in [0.2, 0.25) is 5.02 Å². The number of amides is 1. The number of nitrogens with zero attached hydrogens (tertiary/aromatic N) is 2. The molecule has 3 aromatic rings. The molecule has 0 spiro atoms. The number of hydrogen-bond donors (Lipinski definition) is 1. The molecule has 0 atom stereocenters. The van der Waals surface area contributed by atoms with E-state index in [1.165, 1.54) is 31.1 Å². The maximum Gasteiger partial charge on any atom is 0.414 e. The van der Waals surface area contributed by atoms with Gasteiger partial charge in [-0.05, 0) is 17.2 Å². The van der Waals surface area contributed by atoms with Crippen LogP contribution in [0.4, 0.5) is 14.9 Å². The van der Waals surface area contributed by atoms with Gasteiger partial charge in [-0.3, -0.25) is 4.90 Å². The van der Waals surface area contributed by atoms with Gasteiger partial charge in [0, 0.05) is 75.3 Å². The van der Waals surface area contributed by atoms with Crippen molar-refractivity contribution in [2.45, 2.75) is 13.0 Å². The van der Waals surface area contributed by atoms with E-state index in [4.69, 9.17) is 26.5 Å². The third-order valence-corrected chi connectivity index (χ3v) is 6.22. The first kappa shape index (κ1) is 24.0. The maximum absolute atomic E-state index is 15.0. The van der Waals surface area contributed by atoms with Crippen LogP contribution in [-0.2, 0) is 13.0 Å². The van der Waals surface area contributed by atoms with Crippen molar-refractivity contribution in [3.05, 3.63) is 74.0 Å². The van der Waals surface area contributed by atoms with E-state index in [0.29, 0.717) is 28.6 Å². The molecule has 0 unspecified atom stereocenters. The summed E-state index contributed by atoms with van der Waals surface area (Å²) < 4.78 is 25.6. The lowest BCUT2D eigenvalue weighted by Crippen LogP contribution is -2.43. The first-order valence-corrected chi connectivity index (χ1v) is 11.2. The van der Waals surface area contributed by atoms with E-state index in [1.807, 2.05) is 0 Å². The Labute approximate surface area is 201 Å². The van der Waals surface area contributed by atoms with E-state index in [9.17, 15) is 14.0 Å². The quantitative estimate of drug-likeness (QED) is 0.538. The standard InChI is InChI=1S/C24H25ClFN4O4/c1-29(2)24(32)34-21-12-20-15(11-18(21)26)17(13-30-8-6-28-7-9-30)16(23(31)33-20)10-14-4-3-5-19(27)22(14)25/h3-5,11-12,27-28H,6-10,13H2,1-2H3/q-1. The number of rotatable bonds is 5. The van der Waals surface area contributed by atoms with Crippen LogP contribution >= 0.6 is 11.6 Å². The molecule has 0 radical (unpaired) electrons. The van der Waals surface area contributed by atoms with Crippen LogP contribution in [0, 0.1) is 5.82 Å². The number of carbonyl (C=O) groups excluding carboxylic acids is 1. The molecular weight excluding hydrogens is 463 g/mol. The minimum Gasteiger partial charge on any atom is -0.698 e. The summed E-state index contributed by atoms with van der Waals surface area (Å²) in [4.78, 5) is 28.4. The average molecular weight is 488 g/mol. The molecule has 34 heavy (non-hydrogen) atoms. The fourth-order valence-electron chi connectivity index (χ4n) is 3.92. The summed E-state index contributed by atoms with van der Waals surface area (Å²) in [7, 11) is 2.96. The molecule has 180 valence electrons. The second-order valence-electron chi connectivity index (χ2n) is 8.37. The number of piperazine rings is 1. The Morgan fingerprint density at radius 3 is 2.71 bits per heavy atom. The zero-order chi connectivity index (χ0) is 24.4. The summed E-state index contributed by atoms with van der Waals surface area (Å²) >= 11 is 6.33. The number of halogens is 2. The number of fused-ring (bicyclic) bond motifs is 1. The number of benzene rings is 2. The van der Waals surface area contributed by atoms with Crippen molar-refractivity contribution in [1.82, 2.24) is 15.1 Å². The van der Waals surface area contributed by atoms with Crippen molar-refractivity contribution in [2.24, 2.45) is 0 Å². The van der Waals surface area contributed by atoms with Gasteiger partial charge in [0.1, 0.15) is 5.58 Å². The molecule has 2 aromatic carbocycles. The summed E-state index contributed by atoms with van der Waals surface area (Å²) in [5.41, 5.74) is 9.26. The van der Waals surface area contributed by atoms with Gasteiger partial charge in [0.2, 0.25) is 0 Å². The monoisotopic (exact) mass is 487 g/mol. The van der Waals surface area contributed by atoms with Crippen molar-refractivity contribution in [1.29, 1.82) is 0 Å². The minimum atomic E-state index is -0.747. The molecule has 2 N–H and O–H groups in total. The Balaban J connectivity index is 1.85. The van der Waals surface area contributed by atoms with Crippen LogP contribution in [0.1, 0.15) is 16.7 Å². The van der Waals surface area contributed by atoms with Gasteiger partial charge >= 0.3 is 11.7 Å². The van der Waals surface area contributed by atoms with Gasteiger partial charge in [-0.25, -0.2) is 14.0 Å². The molecule has 4 rings (SSSR count). The number of hydrogen-bond acceptors (Lipinski definition) is 6. The lowest BCUT2D eigenvalue weighted by Gasteiger charge is -2.28. The molecule has 10 heteroatoms. The van der Waals surface area contributed by atoms with Gasteiger partial charge in [-0.2, -0.15) is 0 Å². The molecule has 1 aliphatic heterocycles. The van der Waals surface area contributed by atoms with Crippen LogP contribution in [0.15, 0.2) is 39.5 Å². The molecule has 0 aliphatic carbocycles. The van der Waals surface area contributed by atoms with Crippen molar-refractivity contribution < 1.29 is 18.3 Å². The number of ether oxygens (including phenoxy) is 1. The topological polar surface area (TPSA) is 98.8 Å². The van der Waals surface area contributed by atoms with E-state index in [-0.39, 0.29) is 28.5 Å². The van der Waals surface area contributed by atoms with Gasteiger partial charge in [-0.15, -0.1) is 5.69 Å². The molecule has 1 saturated heterocycles. The smallest absolute Gasteiger partial charge is 0.414 e. The van der Waals surface area contributed by atoms with E-state index in [2.05, 4.69) is 10.2 Å². The third-order valence-electron chi connectivity index (χ3n) is 5.77. The zero-order valence-electron chi connectivity index (χ0n) is 18.9. The normalized spacial score (nSPS) is 14.4. The highest BCUT2D eigenvalue weighted by atomic mass is 35.5. The predicted octanol–water partition coefficient (Wildman–Crippen LogP) is 4.33. The van der Waals surface area contributed by atoms with Crippen molar-refractivity contribution in [3.8, 4) is 5.75 Å². The first-order valence-electron chi connectivity index (χ1n) is 10.8. The Bertz CT molecular complexity index is 1290. The van der Waals surface area contributed by atoms with E-state index in [0.717, 1.165) is 26.2 Å². The molecule has 1 amide bonds. The zero-order valence-corrected chi connectivity index (χ0v) is 19.7. The molecule has 2 heterocycles. The Morgan fingerprint density at radius 2 is 2.00 bits per heavy atom. The maximum atomic E-state index is 15.0. The highest BCUT2D eigenvalue weighted by Gasteiger charge is 2.22. The van der Waals surface area contributed by atoms with Gasteiger partial charge in [0.15, 0.2) is 11.6 Å². The summed E-state index contributed by atoms with van der Waals surface area (Å²) in [6, 6.07) is 7.49. The average Bonchev–Trinajstić information content (AvgIpc) is 2.80. The van der Waals surface area contributed by atoms with Crippen LogP contribution in [0.25, 0.3) is 16.7 Å². The Kier molecular flexibility index (Phi) is 7.06. The fourth-order valence-corrected chi connectivity index (χ4v) is 4.12. The van der Waals surface area contributed by atoms with Crippen molar-refractivity contribution >= 4 is 34.4 Å². The second kappa shape index (κ2) is 10.0. The fraction of sp³-hybridized carbons (Fsp3) is 0.333. The summed E-state index contributed by atoms with van der Waals surface area (Å²) in [5.74, 6) is -1.06. The van der Waals surface area contributed by atoms with Crippen molar-refractivity contribution in [3.63, 3.8) is 0 Å². The Hall–Kier alpha value is -3.14. The van der Waals surface area contributed by atoms with Gasteiger partial charge < -0.3 is 25.1 Å². The van der Waals surface area contributed by atoms with Crippen LogP contribution in [0.5, 0.6) is 5.75 Å². The molecule has 1 aromatic heterocycles. The largest absolute Gasteiger partial charge is 0.698 e. The molecule has 0 saturated carbocycles. The van der Waals surface area contributed by atoms with Crippen LogP contribution < -0.4 is 15.7 Å². The summed E-state index contributed by atoms with van der Waals surface area (Å²) in [6.07, 6.45) is -0.604. The molecule has 8 nitrogen and oxygen atoms in total. The lowest BCUT2D eigenvalue weighted by atomic mass is 9.97. The summed E-state index contributed by atoms with van der Waals surface area (Å²) in [6.45, 7) is 3.56. The first-order chi connectivity index (χ1) is 16.2. The minimum absolute atomic E-state index is 0.127. The number of nitrogens with one attached hydrogen (secondary N) is 2. The van der Waals surface area contributed by atoms with Crippen LogP contribution in [-0.4, -0.2) is 56.2 Å². The highest BCUT2D eigenvalue weighted by molar-refractivity contribution is 6.34. The lowest BCUT2D eigenvalue weighted by molar-refractivity contribution is 0.170. The van der Waals surface area contributed by atoms with E-state index < -0.39 is 17.5 Å². The highest BCUT2D eigenvalue weighted by Crippen LogP contribution is 2.32. The van der Waals surface area contributed by atoms with E-state index >= 15 is 0 Å². The van der Waals surface area contributed by atoms with Crippen molar-refractivity contribution in [2.75, 3.05) is 40.3 Å². The van der Waals surface area contributed by atoms with Crippen LogP contribution in [0.3, 0.4) is 0 Å². The predicted molar refractivity (Wildman–Crippen MR) is 129 cm³/mol. The number of carbonyl (C=O) groups is 1. The van der Waals surface area contributed by atoms with Gasteiger partial charge in [-0.1, -0.05) is 29.8 Å². The van der Waals surface area contributed by atoms with E-state index in [1.54, 1.807) is 18.2 Å². The van der Waals surface area contributed by atoms with Gasteiger partial charge in [0.25, 0.3) is 0 Å². The molecule has 1 fully saturated rings. The third kappa shape index (κ3) is 5.01. The second-order valence-corrected chi connectivity index (χ2v) is 8.75. The SMILES string of the molecule is CN(C)C(=O)Oc1cc2oc(=O)c(Cc3cccc([NH-])c3Cl)c(CN3CCNCC3)c2cc1F. The summed E-state index contributed by atoms with van der Waals surface area (Å²) in [5, 5.41) is 3.97. The van der Waals surface area contributed by atoms with Gasteiger partial charge in [0.05, 0.1) is 0 Å². The molecule has 1 aliphatic rings. The molecule has 0 bridgehead atoms. The molecular formula is C24H25ClFN4O4-. The Morgan fingerprint density at radius 1 is 1.26 bits per heavy atom.